The van der Waals surface area contributed by atoms with Crippen molar-refractivity contribution in [2.45, 2.75) is 31.9 Å². The fourth-order valence-electron chi connectivity index (χ4n) is 3.59. The molecule has 1 aliphatic carbocycles. The van der Waals surface area contributed by atoms with E-state index in [-0.39, 0.29) is 23.1 Å². The van der Waals surface area contributed by atoms with Crippen LogP contribution in [0.4, 0.5) is 17.3 Å². The number of amides is 1. The van der Waals surface area contributed by atoms with E-state index in [2.05, 4.69) is 31.0 Å². The maximum absolute atomic E-state index is 13.0. The molecule has 0 spiro atoms. The molecule has 12 heteroatoms. The Hall–Kier alpha value is -3.77. The minimum absolute atomic E-state index is 0.269. The first-order valence-corrected chi connectivity index (χ1v) is 11.2. The summed E-state index contributed by atoms with van der Waals surface area (Å²) in [5.41, 5.74) is 0.637. The van der Waals surface area contributed by atoms with Crippen LogP contribution in [-0.2, 0) is 0 Å². The van der Waals surface area contributed by atoms with Crippen LogP contribution in [0.5, 0.6) is 0 Å². The average molecular weight is 467 g/mol. The highest BCUT2D eigenvalue weighted by Gasteiger charge is 2.31. The van der Waals surface area contributed by atoms with Crippen LogP contribution in [0.15, 0.2) is 41.6 Å². The van der Waals surface area contributed by atoms with Crippen molar-refractivity contribution in [3.05, 3.63) is 57.6 Å². The van der Waals surface area contributed by atoms with Gasteiger partial charge in [0.25, 0.3) is 11.5 Å². The van der Waals surface area contributed by atoms with Crippen molar-refractivity contribution in [3.8, 4) is 5.13 Å². The van der Waals surface area contributed by atoms with Gasteiger partial charge in [0.2, 0.25) is 0 Å². The van der Waals surface area contributed by atoms with Gasteiger partial charge in [-0.1, -0.05) is 0 Å². The molecule has 1 saturated carbocycles. The molecule has 0 bridgehead atoms. The highest BCUT2D eigenvalue weighted by atomic mass is 32.1. The third-order valence-electron chi connectivity index (χ3n) is 5.55. The molecule has 0 aliphatic heterocycles. The van der Waals surface area contributed by atoms with Gasteiger partial charge in [0.15, 0.2) is 10.8 Å². The van der Waals surface area contributed by atoms with Crippen LogP contribution in [-0.4, -0.2) is 54.4 Å². The second-order valence-corrected chi connectivity index (χ2v) is 8.98. The van der Waals surface area contributed by atoms with Gasteiger partial charge in [-0.3, -0.25) is 14.2 Å². The normalized spacial score (nSPS) is 17.5. The Morgan fingerprint density at radius 2 is 2.15 bits per heavy atom. The van der Waals surface area contributed by atoms with Gasteiger partial charge in [-0.05, 0) is 31.9 Å². The molecule has 4 aromatic heterocycles. The van der Waals surface area contributed by atoms with Crippen molar-refractivity contribution in [3.63, 3.8) is 0 Å². The molecule has 2 atom stereocenters. The van der Waals surface area contributed by atoms with E-state index in [0.717, 1.165) is 11.3 Å². The lowest BCUT2D eigenvalue weighted by molar-refractivity contribution is 0.0448. The molecule has 0 unspecified atom stereocenters. The Morgan fingerprint density at radius 3 is 2.82 bits per heavy atom. The smallest absolute Gasteiger partial charge is 0.280 e. The van der Waals surface area contributed by atoms with E-state index in [1.165, 1.54) is 26.6 Å². The van der Waals surface area contributed by atoms with Crippen molar-refractivity contribution in [1.29, 1.82) is 0 Å². The number of fused-ring (bicyclic) bond motifs is 1. The van der Waals surface area contributed by atoms with E-state index in [9.17, 15) is 14.7 Å². The molecule has 170 valence electrons. The van der Waals surface area contributed by atoms with Gasteiger partial charge in [-0.2, -0.15) is 9.61 Å². The van der Waals surface area contributed by atoms with Crippen LogP contribution in [0.25, 0.3) is 10.8 Å². The molecular weight excluding hydrogens is 444 g/mol. The number of thiazole rings is 1. The first-order valence-electron chi connectivity index (χ1n) is 10.4. The van der Waals surface area contributed by atoms with Crippen LogP contribution in [0.2, 0.25) is 0 Å². The highest BCUT2D eigenvalue weighted by molar-refractivity contribution is 7.13. The number of anilines is 3. The number of aryl methyl sites for hydroxylation is 1. The Balaban J connectivity index is 1.50. The van der Waals surface area contributed by atoms with Crippen molar-refractivity contribution in [1.82, 2.24) is 29.5 Å². The number of nitrogens with one attached hydrogen (secondary N) is 3. The number of aliphatic hydroxyl groups is 1. The van der Waals surface area contributed by atoms with Gasteiger partial charge in [-0.25, -0.2) is 9.97 Å². The molecule has 1 aliphatic rings. The molecule has 5 rings (SSSR count). The van der Waals surface area contributed by atoms with Crippen molar-refractivity contribution < 1.29 is 9.90 Å². The predicted octanol–water partition coefficient (Wildman–Crippen LogP) is 1.68. The van der Waals surface area contributed by atoms with E-state index in [0.29, 0.717) is 34.5 Å². The Kier molecular flexibility index (Phi) is 5.30. The summed E-state index contributed by atoms with van der Waals surface area (Å²) in [5.74, 6) is 0.592. The van der Waals surface area contributed by atoms with E-state index in [1.54, 1.807) is 37.6 Å². The quantitative estimate of drug-likeness (QED) is 0.337. The monoisotopic (exact) mass is 466 g/mol. The molecule has 1 fully saturated rings. The molecule has 4 aromatic rings. The molecule has 11 nitrogen and oxygen atoms in total. The number of hydrogen-bond acceptors (Lipinski definition) is 9. The number of aromatic nitrogens is 5. The summed E-state index contributed by atoms with van der Waals surface area (Å²) in [6, 6.07) is 4.84. The second-order valence-electron chi connectivity index (χ2n) is 7.77. The zero-order chi connectivity index (χ0) is 23.1. The fourth-order valence-corrected chi connectivity index (χ4v) is 4.33. The molecule has 0 saturated heterocycles. The third kappa shape index (κ3) is 3.83. The maximum Gasteiger partial charge on any atom is 0.280 e. The molecule has 4 N–H and O–H groups in total. The second kappa shape index (κ2) is 8.30. The van der Waals surface area contributed by atoms with E-state index >= 15 is 0 Å². The van der Waals surface area contributed by atoms with Crippen LogP contribution >= 0.6 is 11.3 Å². The predicted molar refractivity (Wildman–Crippen MR) is 125 cm³/mol. The number of hydrogen-bond donors (Lipinski definition) is 4. The number of aliphatic hydroxyl groups excluding tert-OH is 1. The van der Waals surface area contributed by atoms with Gasteiger partial charge in [0.05, 0.1) is 18.3 Å². The van der Waals surface area contributed by atoms with E-state index in [1.807, 2.05) is 6.92 Å². The number of pyridine rings is 1. The zero-order valence-corrected chi connectivity index (χ0v) is 18.8. The lowest BCUT2D eigenvalue weighted by Gasteiger charge is -2.32. The number of rotatable bonds is 6. The number of carbonyl (C=O) groups excluding carboxylic acids is 1. The Labute approximate surface area is 192 Å². The van der Waals surface area contributed by atoms with Crippen molar-refractivity contribution in [2.75, 3.05) is 17.7 Å². The first kappa shape index (κ1) is 21.1. The van der Waals surface area contributed by atoms with Gasteiger partial charge in [0, 0.05) is 30.4 Å². The summed E-state index contributed by atoms with van der Waals surface area (Å²) in [7, 11) is 1.73. The summed E-state index contributed by atoms with van der Waals surface area (Å²) in [4.78, 5) is 35.6. The van der Waals surface area contributed by atoms with Crippen LogP contribution in [0.3, 0.4) is 0 Å². The largest absolute Gasteiger partial charge is 0.391 e. The fraction of sp³-hybridized carbons (Fsp3) is 0.286. The number of carbonyl (C=O) groups is 1. The Morgan fingerprint density at radius 1 is 1.30 bits per heavy atom. The first-order chi connectivity index (χ1) is 15.9. The standard InChI is InChI=1S/C21H22N8O3S/c1-11-9-23-21(33-11)28-7-3-4-14(20(28)32)25-16-8-17(22-2)29-18(27-16)12(10-24-29)19(31)26-13-5-6-15(13)30/h3-4,7-10,13,15,22,30H,5-6H2,1-2H3,(H,25,27)(H,26,31)/t13-,15-/m0/s1. The lowest BCUT2D eigenvalue weighted by Crippen LogP contribution is -2.50. The highest BCUT2D eigenvalue weighted by Crippen LogP contribution is 2.23. The summed E-state index contributed by atoms with van der Waals surface area (Å²) in [6.45, 7) is 1.93. The van der Waals surface area contributed by atoms with E-state index < -0.39 is 6.10 Å². The maximum atomic E-state index is 13.0. The SMILES string of the molecule is CNc1cc(Nc2cccn(-c3ncc(C)s3)c2=O)nc2c(C(=O)N[C@H]3CC[C@@H]3O)cnn12. The van der Waals surface area contributed by atoms with Crippen LogP contribution in [0, 0.1) is 6.92 Å². The number of nitrogens with zero attached hydrogens (tertiary/aromatic N) is 5. The average Bonchev–Trinajstić information content (AvgIpc) is 3.43. The topological polar surface area (TPSA) is 138 Å². The zero-order valence-electron chi connectivity index (χ0n) is 17.9. The van der Waals surface area contributed by atoms with Crippen LogP contribution < -0.4 is 21.5 Å². The summed E-state index contributed by atoms with van der Waals surface area (Å²) < 4.78 is 2.98. The van der Waals surface area contributed by atoms with Crippen LogP contribution in [0.1, 0.15) is 28.1 Å². The van der Waals surface area contributed by atoms with Gasteiger partial charge in [0.1, 0.15) is 22.9 Å². The van der Waals surface area contributed by atoms with Crippen molar-refractivity contribution >= 4 is 40.2 Å². The lowest BCUT2D eigenvalue weighted by atomic mass is 9.89. The molecule has 4 heterocycles. The Bertz CT molecular complexity index is 1410. The summed E-state index contributed by atoms with van der Waals surface area (Å²) >= 11 is 1.42. The third-order valence-corrected chi connectivity index (χ3v) is 6.46. The summed E-state index contributed by atoms with van der Waals surface area (Å²) in [5, 5.41) is 23.5. The molecule has 1 amide bonds. The molecule has 0 radical (unpaired) electrons. The minimum atomic E-state index is -0.532. The molecule has 0 aromatic carbocycles. The van der Waals surface area contributed by atoms with E-state index in [4.69, 9.17) is 0 Å². The molecule has 33 heavy (non-hydrogen) atoms. The molecular formula is C21H22N8O3S. The van der Waals surface area contributed by atoms with Gasteiger partial charge in [-0.15, -0.1) is 11.3 Å². The minimum Gasteiger partial charge on any atom is -0.391 e. The van der Waals surface area contributed by atoms with Crippen molar-refractivity contribution in [2.24, 2.45) is 0 Å². The van der Waals surface area contributed by atoms with Gasteiger partial charge < -0.3 is 21.1 Å². The van der Waals surface area contributed by atoms with Gasteiger partial charge >= 0.3 is 0 Å². The summed E-state index contributed by atoms with van der Waals surface area (Å²) in [6.07, 6.45) is 5.69.